The molecule has 3 amide bonds. The SMILES string of the molecule is CN(CCNC(=O)c1nn(C)cc1NC(=O)c1cccc(-c2cnn(CCCl)c2)n1)C(=O)OC(C)(C)C. The molecule has 0 fully saturated rings. The third kappa shape index (κ3) is 7.78. The first kappa shape index (κ1) is 27.7. The minimum atomic E-state index is -0.615. The predicted molar refractivity (Wildman–Crippen MR) is 139 cm³/mol. The number of rotatable bonds is 9. The number of nitrogens with zero attached hydrogens (tertiary/aromatic N) is 6. The third-order valence-electron chi connectivity index (χ3n) is 4.95. The fourth-order valence-electron chi connectivity index (χ4n) is 3.21. The molecule has 13 heteroatoms. The Morgan fingerprint density at radius 2 is 1.92 bits per heavy atom. The van der Waals surface area contributed by atoms with Crippen molar-refractivity contribution in [1.29, 1.82) is 0 Å². The van der Waals surface area contributed by atoms with Gasteiger partial charge in [-0.05, 0) is 32.9 Å². The van der Waals surface area contributed by atoms with Crippen molar-refractivity contribution in [3.63, 3.8) is 0 Å². The van der Waals surface area contributed by atoms with Gasteiger partial charge in [0, 0.05) is 51.0 Å². The quantitative estimate of drug-likeness (QED) is 0.406. The Labute approximate surface area is 219 Å². The van der Waals surface area contributed by atoms with Crippen LogP contribution in [-0.2, 0) is 18.3 Å². The van der Waals surface area contributed by atoms with Gasteiger partial charge in [-0.15, -0.1) is 11.6 Å². The summed E-state index contributed by atoms with van der Waals surface area (Å²) in [4.78, 5) is 43.6. The zero-order valence-corrected chi connectivity index (χ0v) is 22.2. The van der Waals surface area contributed by atoms with Gasteiger partial charge in [0.25, 0.3) is 11.8 Å². The second-order valence-corrected chi connectivity index (χ2v) is 9.64. The molecule has 12 nitrogen and oxygen atoms in total. The first-order chi connectivity index (χ1) is 17.5. The lowest BCUT2D eigenvalue weighted by atomic mass is 10.2. The summed E-state index contributed by atoms with van der Waals surface area (Å²) >= 11 is 5.76. The summed E-state index contributed by atoms with van der Waals surface area (Å²) in [6, 6.07) is 5.06. The smallest absolute Gasteiger partial charge is 0.410 e. The molecule has 0 aliphatic rings. The van der Waals surface area contributed by atoms with Crippen LogP contribution in [-0.4, -0.2) is 79.0 Å². The third-order valence-corrected chi connectivity index (χ3v) is 5.12. The average Bonchev–Trinajstić information content (AvgIpc) is 3.44. The van der Waals surface area contributed by atoms with E-state index in [1.165, 1.54) is 15.8 Å². The van der Waals surface area contributed by atoms with Crippen molar-refractivity contribution >= 4 is 35.2 Å². The van der Waals surface area contributed by atoms with E-state index in [-0.39, 0.29) is 30.2 Å². The van der Waals surface area contributed by atoms with Crippen molar-refractivity contribution in [2.45, 2.75) is 32.9 Å². The van der Waals surface area contributed by atoms with Crippen LogP contribution in [0.5, 0.6) is 0 Å². The van der Waals surface area contributed by atoms with Gasteiger partial charge in [0.2, 0.25) is 0 Å². The summed E-state index contributed by atoms with van der Waals surface area (Å²) in [5.41, 5.74) is 1.14. The second kappa shape index (κ2) is 11.9. The number of nitrogens with one attached hydrogen (secondary N) is 2. The Bertz CT molecular complexity index is 1260. The van der Waals surface area contributed by atoms with E-state index in [2.05, 4.69) is 25.8 Å². The molecule has 3 rings (SSSR count). The summed E-state index contributed by atoms with van der Waals surface area (Å²) < 4.78 is 8.41. The van der Waals surface area contributed by atoms with Gasteiger partial charge in [0.05, 0.1) is 24.1 Å². The van der Waals surface area contributed by atoms with Gasteiger partial charge in [0.1, 0.15) is 11.3 Å². The van der Waals surface area contributed by atoms with Gasteiger partial charge < -0.3 is 20.3 Å². The fraction of sp³-hybridized carbons (Fsp3) is 0.417. The van der Waals surface area contributed by atoms with E-state index in [9.17, 15) is 14.4 Å². The van der Waals surface area contributed by atoms with E-state index in [4.69, 9.17) is 16.3 Å². The molecule has 0 spiro atoms. The molecule has 0 aliphatic carbocycles. The first-order valence-corrected chi connectivity index (χ1v) is 12.1. The van der Waals surface area contributed by atoms with Gasteiger partial charge >= 0.3 is 6.09 Å². The van der Waals surface area contributed by atoms with Crippen LogP contribution in [0.3, 0.4) is 0 Å². The van der Waals surface area contributed by atoms with Crippen LogP contribution in [0.25, 0.3) is 11.3 Å². The number of aromatic nitrogens is 5. The van der Waals surface area contributed by atoms with Crippen LogP contribution in [0.1, 0.15) is 41.7 Å². The molecular formula is C24H31ClN8O4. The largest absolute Gasteiger partial charge is 0.444 e. The topological polar surface area (TPSA) is 136 Å². The molecule has 3 heterocycles. The second-order valence-electron chi connectivity index (χ2n) is 9.27. The van der Waals surface area contributed by atoms with Crippen molar-refractivity contribution in [3.8, 4) is 11.3 Å². The normalized spacial score (nSPS) is 11.2. The zero-order chi connectivity index (χ0) is 27.2. The number of likely N-dealkylation sites (N-methyl/N-ethyl adjacent to an activating group) is 1. The lowest BCUT2D eigenvalue weighted by Gasteiger charge is -2.24. The van der Waals surface area contributed by atoms with Gasteiger partial charge in [0.15, 0.2) is 5.69 Å². The van der Waals surface area contributed by atoms with E-state index >= 15 is 0 Å². The standard InChI is InChI=1S/C24H31ClN8O4/c1-24(2,3)37-23(36)31(4)12-10-26-22(35)20-19(15-32(5)30-20)29-21(34)18-8-6-7-17(28-18)16-13-27-33(14-16)11-9-25/h6-8,13-15H,9-12H2,1-5H3,(H,26,35)(H,29,34). The zero-order valence-electron chi connectivity index (χ0n) is 21.5. The summed E-state index contributed by atoms with van der Waals surface area (Å²) in [7, 11) is 3.22. The monoisotopic (exact) mass is 530 g/mol. The molecule has 198 valence electrons. The highest BCUT2D eigenvalue weighted by Crippen LogP contribution is 2.18. The number of halogens is 1. The van der Waals surface area contributed by atoms with Crippen molar-refractivity contribution in [3.05, 3.63) is 48.2 Å². The Morgan fingerprint density at radius 3 is 2.62 bits per heavy atom. The van der Waals surface area contributed by atoms with E-state index < -0.39 is 23.5 Å². The highest BCUT2D eigenvalue weighted by atomic mass is 35.5. The lowest BCUT2D eigenvalue weighted by molar-refractivity contribution is 0.0299. The molecule has 3 aromatic heterocycles. The maximum Gasteiger partial charge on any atom is 0.410 e. The number of anilines is 1. The van der Waals surface area contributed by atoms with E-state index in [0.717, 1.165) is 5.56 Å². The Morgan fingerprint density at radius 1 is 1.16 bits per heavy atom. The molecule has 3 aromatic rings. The van der Waals surface area contributed by atoms with Gasteiger partial charge in [-0.3, -0.25) is 19.0 Å². The minimum absolute atomic E-state index is 0.0364. The highest BCUT2D eigenvalue weighted by molar-refractivity contribution is 6.17. The highest BCUT2D eigenvalue weighted by Gasteiger charge is 2.21. The molecule has 0 unspecified atom stereocenters. The summed E-state index contributed by atoms with van der Waals surface area (Å²) in [6.45, 7) is 6.29. The number of hydrogen-bond donors (Lipinski definition) is 2. The fourth-order valence-corrected chi connectivity index (χ4v) is 3.39. The van der Waals surface area contributed by atoms with E-state index in [1.54, 1.807) is 70.1 Å². The van der Waals surface area contributed by atoms with E-state index in [1.807, 2.05) is 0 Å². The maximum absolute atomic E-state index is 12.9. The molecule has 0 atom stereocenters. The number of ether oxygens (including phenoxy) is 1. The van der Waals surface area contributed by atoms with Crippen molar-refractivity contribution < 1.29 is 19.1 Å². The lowest BCUT2D eigenvalue weighted by Crippen LogP contribution is -2.39. The van der Waals surface area contributed by atoms with E-state index in [0.29, 0.717) is 18.1 Å². The van der Waals surface area contributed by atoms with Gasteiger partial charge in [-0.2, -0.15) is 10.2 Å². The van der Waals surface area contributed by atoms with Crippen molar-refractivity contribution in [2.75, 3.05) is 31.3 Å². The summed E-state index contributed by atoms with van der Waals surface area (Å²) in [6.07, 6.45) is 4.49. The van der Waals surface area contributed by atoms with Crippen LogP contribution < -0.4 is 10.6 Å². The number of carbonyl (C=O) groups excluding carboxylic acids is 3. The molecule has 0 aromatic carbocycles. The predicted octanol–water partition coefficient (Wildman–Crippen LogP) is 2.77. The number of amides is 3. The molecule has 0 radical (unpaired) electrons. The number of aryl methyl sites for hydroxylation is 2. The number of pyridine rings is 1. The number of hydrogen-bond acceptors (Lipinski definition) is 7. The van der Waals surface area contributed by atoms with Gasteiger partial charge in [-0.1, -0.05) is 6.07 Å². The Balaban J connectivity index is 1.63. The maximum atomic E-state index is 12.9. The van der Waals surface area contributed by atoms with Gasteiger partial charge in [-0.25, -0.2) is 9.78 Å². The first-order valence-electron chi connectivity index (χ1n) is 11.6. The number of alkyl halides is 1. The van der Waals surface area contributed by atoms with Crippen LogP contribution >= 0.6 is 11.6 Å². The molecular weight excluding hydrogens is 500 g/mol. The molecule has 0 saturated carbocycles. The molecule has 0 aliphatic heterocycles. The molecule has 0 bridgehead atoms. The van der Waals surface area contributed by atoms with Crippen molar-refractivity contribution in [1.82, 2.24) is 34.8 Å². The minimum Gasteiger partial charge on any atom is -0.444 e. The van der Waals surface area contributed by atoms with Crippen LogP contribution in [0, 0.1) is 0 Å². The van der Waals surface area contributed by atoms with Crippen molar-refractivity contribution in [2.24, 2.45) is 7.05 Å². The summed E-state index contributed by atoms with van der Waals surface area (Å²) in [5.74, 6) is -0.568. The molecule has 2 N–H and O–H groups in total. The molecule has 37 heavy (non-hydrogen) atoms. The Hall–Kier alpha value is -3.93. The summed E-state index contributed by atoms with van der Waals surface area (Å²) in [5, 5.41) is 13.8. The van der Waals surface area contributed by atoms with Crippen LogP contribution in [0.2, 0.25) is 0 Å². The number of carbonyl (C=O) groups is 3. The Kier molecular flexibility index (Phi) is 8.87. The van der Waals surface area contributed by atoms with Crippen LogP contribution in [0.15, 0.2) is 36.8 Å². The van der Waals surface area contributed by atoms with Crippen LogP contribution in [0.4, 0.5) is 10.5 Å². The molecule has 0 saturated heterocycles. The average molecular weight is 531 g/mol.